The van der Waals surface area contributed by atoms with Gasteiger partial charge in [0.05, 0.1) is 12.5 Å². The van der Waals surface area contributed by atoms with Crippen LogP contribution in [0.2, 0.25) is 0 Å². The van der Waals surface area contributed by atoms with E-state index in [0.29, 0.717) is 27.7 Å². The van der Waals surface area contributed by atoms with E-state index < -0.39 is 5.97 Å². The van der Waals surface area contributed by atoms with Gasteiger partial charge < -0.3 is 13.9 Å². The van der Waals surface area contributed by atoms with Crippen molar-refractivity contribution < 1.29 is 18.7 Å². The van der Waals surface area contributed by atoms with Crippen molar-refractivity contribution >= 4 is 38.7 Å². The molecule has 1 heterocycles. The molecule has 1 aromatic heterocycles. The van der Waals surface area contributed by atoms with Crippen LogP contribution in [0.4, 0.5) is 0 Å². The maximum absolute atomic E-state index is 13.0. The molecule has 0 saturated carbocycles. The molecule has 5 heteroatoms. The topological polar surface area (TPSA) is 65.7 Å². The first-order valence-corrected chi connectivity index (χ1v) is 7.73. The number of benzene rings is 3. The molecule has 0 radical (unpaired) electrons. The third-order valence-electron chi connectivity index (χ3n) is 4.09. The lowest BCUT2D eigenvalue weighted by Gasteiger charge is -2.11. The van der Waals surface area contributed by atoms with Crippen LogP contribution in [0.5, 0.6) is 11.5 Å². The number of hydrogen-bond acceptors (Lipinski definition) is 5. The minimum atomic E-state index is -0.494. The fourth-order valence-corrected chi connectivity index (χ4v) is 2.99. The lowest BCUT2D eigenvalue weighted by atomic mass is 10.0. The van der Waals surface area contributed by atoms with Crippen molar-refractivity contribution in [2.45, 2.75) is 6.92 Å². The molecule has 0 unspecified atom stereocenters. The minimum Gasteiger partial charge on any atom is -0.497 e. The van der Waals surface area contributed by atoms with Gasteiger partial charge >= 0.3 is 5.97 Å². The first kappa shape index (κ1) is 15.2. The van der Waals surface area contributed by atoms with Crippen molar-refractivity contribution in [1.82, 2.24) is 0 Å². The zero-order chi connectivity index (χ0) is 17.6. The summed E-state index contributed by atoms with van der Waals surface area (Å²) < 4.78 is 16.5. The zero-order valence-electron chi connectivity index (χ0n) is 13.7. The Labute approximate surface area is 142 Å². The van der Waals surface area contributed by atoms with Crippen LogP contribution in [0.1, 0.15) is 6.92 Å². The Morgan fingerprint density at radius 2 is 1.80 bits per heavy atom. The molecule has 124 valence electrons. The van der Waals surface area contributed by atoms with E-state index in [2.05, 4.69) is 0 Å². The highest BCUT2D eigenvalue weighted by Crippen LogP contribution is 2.35. The molecule has 4 rings (SSSR count). The maximum atomic E-state index is 13.0. The molecule has 0 amide bonds. The molecular weight excluding hydrogens is 320 g/mol. The lowest BCUT2D eigenvalue weighted by molar-refractivity contribution is -0.131. The van der Waals surface area contributed by atoms with Crippen LogP contribution in [-0.4, -0.2) is 13.1 Å². The number of ether oxygens (including phenoxy) is 2. The van der Waals surface area contributed by atoms with E-state index >= 15 is 0 Å². The van der Waals surface area contributed by atoms with Gasteiger partial charge in [0.25, 0.3) is 0 Å². The van der Waals surface area contributed by atoms with Gasteiger partial charge in [-0.25, -0.2) is 0 Å². The average Bonchev–Trinajstić information content (AvgIpc) is 2.60. The molecule has 4 aromatic rings. The highest BCUT2D eigenvalue weighted by molar-refractivity contribution is 6.06. The van der Waals surface area contributed by atoms with Crippen molar-refractivity contribution in [3.63, 3.8) is 0 Å². The van der Waals surface area contributed by atoms with Crippen LogP contribution in [0.15, 0.2) is 57.7 Å². The summed E-state index contributed by atoms with van der Waals surface area (Å²) in [6.07, 6.45) is 0. The maximum Gasteiger partial charge on any atom is 0.308 e. The van der Waals surface area contributed by atoms with Gasteiger partial charge in [0.1, 0.15) is 22.3 Å². The zero-order valence-corrected chi connectivity index (χ0v) is 13.7. The Balaban J connectivity index is 2.21. The van der Waals surface area contributed by atoms with Crippen molar-refractivity contribution in [3.8, 4) is 11.5 Å². The highest BCUT2D eigenvalue weighted by atomic mass is 16.5. The Bertz CT molecular complexity index is 1200. The SMILES string of the molecule is COc1ccc2c(=O)c3c(OC(C)=O)c4ccccc4cc3oc2c1. The van der Waals surface area contributed by atoms with Gasteiger partial charge in [0.15, 0.2) is 5.75 Å². The first-order valence-electron chi connectivity index (χ1n) is 7.73. The Morgan fingerprint density at radius 3 is 2.56 bits per heavy atom. The number of carbonyl (C=O) groups is 1. The fourth-order valence-electron chi connectivity index (χ4n) is 2.99. The van der Waals surface area contributed by atoms with Gasteiger partial charge in [0, 0.05) is 18.4 Å². The predicted octanol–water partition coefficient (Wildman–Crippen LogP) is 4.03. The quantitative estimate of drug-likeness (QED) is 0.314. The van der Waals surface area contributed by atoms with Gasteiger partial charge in [-0.2, -0.15) is 0 Å². The van der Waals surface area contributed by atoms with Crippen molar-refractivity contribution in [3.05, 3.63) is 58.8 Å². The third kappa shape index (κ3) is 2.41. The molecule has 3 aromatic carbocycles. The summed E-state index contributed by atoms with van der Waals surface area (Å²) in [6, 6.07) is 14.2. The van der Waals surface area contributed by atoms with E-state index in [-0.39, 0.29) is 16.6 Å². The van der Waals surface area contributed by atoms with Crippen LogP contribution in [0.25, 0.3) is 32.7 Å². The number of carbonyl (C=O) groups excluding carboxylic acids is 1. The van der Waals surface area contributed by atoms with Gasteiger partial charge in [-0.05, 0) is 23.6 Å². The standard InChI is InChI=1S/C20H14O5/c1-11(21)24-20-14-6-4-3-5-12(14)9-17-18(20)19(22)15-8-7-13(23-2)10-16(15)25-17/h3-10H,1-2H3. The first-order chi connectivity index (χ1) is 12.1. The van der Waals surface area contributed by atoms with E-state index in [4.69, 9.17) is 13.9 Å². The van der Waals surface area contributed by atoms with Gasteiger partial charge in [-0.15, -0.1) is 0 Å². The van der Waals surface area contributed by atoms with Crippen molar-refractivity contribution in [2.24, 2.45) is 0 Å². The molecule has 25 heavy (non-hydrogen) atoms. The van der Waals surface area contributed by atoms with Crippen LogP contribution in [0, 0.1) is 0 Å². The summed E-state index contributed by atoms with van der Waals surface area (Å²) in [7, 11) is 1.55. The molecule has 0 spiro atoms. The minimum absolute atomic E-state index is 0.229. The Hall–Kier alpha value is -3.34. The number of esters is 1. The molecule has 0 aliphatic heterocycles. The molecule has 0 saturated heterocycles. The summed E-state index contributed by atoms with van der Waals surface area (Å²) in [5.74, 6) is 0.329. The summed E-state index contributed by atoms with van der Waals surface area (Å²) in [5.41, 5.74) is 0.530. The van der Waals surface area contributed by atoms with E-state index in [1.807, 2.05) is 24.3 Å². The second kappa shape index (κ2) is 5.63. The summed E-state index contributed by atoms with van der Waals surface area (Å²) >= 11 is 0. The molecule has 0 atom stereocenters. The van der Waals surface area contributed by atoms with E-state index in [0.717, 1.165) is 5.39 Å². The third-order valence-corrected chi connectivity index (χ3v) is 4.09. The number of fused-ring (bicyclic) bond motifs is 3. The van der Waals surface area contributed by atoms with Gasteiger partial charge in [0.2, 0.25) is 5.43 Å². The largest absolute Gasteiger partial charge is 0.497 e. The highest BCUT2D eigenvalue weighted by Gasteiger charge is 2.18. The smallest absolute Gasteiger partial charge is 0.308 e. The molecule has 0 N–H and O–H groups in total. The molecule has 0 aliphatic carbocycles. The fraction of sp³-hybridized carbons (Fsp3) is 0.100. The van der Waals surface area contributed by atoms with Gasteiger partial charge in [-0.1, -0.05) is 24.3 Å². The van der Waals surface area contributed by atoms with E-state index in [9.17, 15) is 9.59 Å². The van der Waals surface area contributed by atoms with Gasteiger partial charge in [-0.3, -0.25) is 9.59 Å². The number of rotatable bonds is 2. The number of hydrogen-bond donors (Lipinski definition) is 0. The Kier molecular flexibility index (Phi) is 3.42. The lowest BCUT2D eigenvalue weighted by Crippen LogP contribution is -2.08. The van der Waals surface area contributed by atoms with Crippen LogP contribution in [0.3, 0.4) is 0 Å². The summed E-state index contributed by atoms with van der Waals surface area (Å²) in [4.78, 5) is 24.6. The second-order valence-electron chi connectivity index (χ2n) is 5.69. The number of methoxy groups -OCH3 is 1. The van der Waals surface area contributed by atoms with Crippen molar-refractivity contribution in [1.29, 1.82) is 0 Å². The second-order valence-corrected chi connectivity index (χ2v) is 5.69. The molecule has 0 bridgehead atoms. The van der Waals surface area contributed by atoms with E-state index in [1.165, 1.54) is 6.92 Å². The van der Waals surface area contributed by atoms with E-state index in [1.54, 1.807) is 31.4 Å². The van der Waals surface area contributed by atoms with Crippen LogP contribution in [-0.2, 0) is 4.79 Å². The average molecular weight is 334 g/mol. The monoisotopic (exact) mass is 334 g/mol. The van der Waals surface area contributed by atoms with Crippen LogP contribution < -0.4 is 14.9 Å². The molecule has 5 nitrogen and oxygen atoms in total. The molecule has 0 aliphatic rings. The normalized spacial score (nSPS) is 11.1. The van der Waals surface area contributed by atoms with Crippen molar-refractivity contribution in [2.75, 3.05) is 7.11 Å². The van der Waals surface area contributed by atoms with Crippen LogP contribution >= 0.6 is 0 Å². The summed E-state index contributed by atoms with van der Waals surface area (Å²) in [6.45, 7) is 1.31. The predicted molar refractivity (Wildman–Crippen MR) is 95.4 cm³/mol. The molecule has 0 fully saturated rings. The summed E-state index contributed by atoms with van der Waals surface area (Å²) in [5, 5.41) is 2.16. The molecular formula is C20H14O5. The Morgan fingerprint density at radius 1 is 1.00 bits per heavy atom.